The van der Waals surface area contributed by atoms with Crippen molar-refractivity contribution < 1.29 is 9.13 Å². The van der Waals surface area contributed by atoms with Crippen molar-refractivity contribution in [1.29, 1.82) is 0 Å². The summed E-state index contributed by atoms with van der Waals surface area (Å²) < 4.78 is 18.8. The number of benzene rings is 1. The third-order valence-corrected chi connectivity index (χ3v) is 2.25. The highest BCUT2D eigenvalue weighted by Gasteiger charge is 2.23. The Balaban J connectivity index is 2.08. The molecule has 2 N–H and O–H groups in total. The lowest BCUT2D eigenvalue weighted by Gasteiger charge is -2.08. The molecule has 2 rings (SSSR count). The fourth-order valence-corrected chi connectivity index (χ4v) is 1.30. The van der Waals surface area contributed by atoms with E-state index in [0.717, 1.165) is 18.6 Å². The van der Waals surface area contributed by atoms with E-state index in [1.54, 1.807) is 18.2 Å². The highest BCUT2D eigenvalue weighted by Crippen LogP contribution is 2.28. The molecule has 14 heavy (non-hydrogen) atoms. The molecule has 0 radical (unpaired) electrons. The fourth-order valence-electron chi connectivity index (χ4n) is 1.30. The topological polar surface area (TPSA) is 35.2 Å². The Kier molecular flexibility index (Phi) is 2.68. The molecule has 1 saturated carbocycles. The van der Waals surface area contributed by atoms with Crippen molar-refractivity contribution in [3.63, 3.8) is 0 Å². The summed E-state index contributed by atoms with van der Waals surface area (Å²) in [4.78, 5) is 0. The molecule has 0 saturated heterocycles. The molecule has 1 aromatic carbocycles. The van der Waals surface area contributed by atoms with Gasteiger partial charge in [0.2, 0.25) is 0 Å². The smallest absolute Gasteiger partial charge is 0.137 e. The molecular weight excluding hydrogens is 181 g/mol. The summed E-state index contributed by atoms with van der Waals surface area (Å²) in [5.74, 6) is 0.751. The van der Waals surface area contributed by atoms with E-state index in [-0.39, 0.29) is 6.54 Å². The minimum absolute atomic E-state index is 0.0207. The number of halogens is 1. The average molecular weight is 195 g/mol. The number of rotatable bonds is 4. The van der Waals surface area contributed by atoms with Gasteiger partial charge < -0.3 is 10.5 Å². The van der Waals surface area contributed by atoms with Crippen molar-refractivity contribution in [2.75, 3.05) is 6.54 Å². The highest BCUT2D eigenvalue weighted by molar-refractivity contribution is 5.30. The van der Waals surface area contributed by atoms with Gasteiger partial charge in [0.25, 0.3) is 0 Å². The van der Waals surface area contributed by atoms with Gasteiger partial charge in [-0.3, -0.25) is 0 Å². The van der Waals surface area contributed by atoms with E-state index in [4.69, 9.17) is 10.5 Å². The molecule has 0 amide bonds. The van der Waals surface area contributed by atoms with E-state index < -0.39 is 6.17 Å². The van der Waals surface area contributed by atoms with E-state index in [1.165, 1.54) is 0 Å². The molecule has 0 heterocycles. The van der Waals surface area contributed by atoms with Gasteiger partial charge in [0.1, 0.15) is 11.9 Å². The van der Waals surface area contributed by atoms with Crippen molar-refractivity contribution in [3.8, 4) is 5.75 Å². The number of alkyl halides is 1. The molecule has 2 nitrogen and oxygen atoms in total. The normalized spacial score (nSPS) is 17.9. The predicted molar refractivity (Wildman–Crippen MR) is 53.0 cm³/mol. The maximum absolute atomic E-state index is 13.2. The Morgan fingerprint density at radius 2 is 2.29 bits per heavy atom. The van der Waals surface area contributed by atoms with Gasteiger partial charge in [0.15, 0.2) is 0 Å². The van der Waals surface area contributed by atoms with Crippen LogP contribution < -0.4 is 10.5 Å². The second-order valence-corrected chi connectivity index (χ2v) is 3.59. The van der Waals surface area contributed by atoms with Gasteiger partial charge in [0, 0.05) is 6.54 Å². The first-order valence-electron chi connectivity index (χ1n) is 4.90. The molecule has 1 aliphatic rings. The number of nitrogens with two attached hydrogens (primary N) is 1. The van der Waals surface area contributed by atoms with Crippen LogP contribution in [0.1, 0.15) is 24.6 Å². The van der Waals surface area contributed by atoms with E-state index in [9.17, 15) is 4.39 Å². The molecule has 0 spiro atoms. The second kappa shape index (κ2) is 3.96. The first-order chi connectivity index (χ1) is 6.79. The largest absolute Gasteiger partial charge is 0.490 e. The van der Waals surface area contributed by atoms with Gasteiger partial charge >= 0.3 is 0 Å². The quantitative estimate of drug-likeness (QED) is 0.799. The van der Waals surface area contributed by atoms with Crippen LogP contribution in [0.5, 0.6) is 5.75 Å². The lowest BCUT2D eigenvalue weighted by Crippen LogP contribution is -2.07. The van der Waals surface area contributed by atoms with Crippen LogP contribution in [-0.2, 0) is 0 Å². The highest BCUT2D eigenvalue weighted by atomic mass is 19.1. The lowest BCUT2D eigenvalue weighted by atomic mass is 10.1. The molecule has 0 aliphatic heterocycles. The maximum Gasteiger partial charge on any atom is 0.137 e. The molecule has 1 unspecified atom stereocenters. The van der Waals surface area contributed by atoms with Gasteiger partial charge in [-0.25, -0.2) is 4.39 Å². The van der Waals surface area contributed by atoms with Crippen molar-refractivity contribution >= 4 is 0 Å². The van der Waals surface area contributed by atoms with Crippen LogP contribution >= 0.6 is 0 Å². The fraction of sp³-hybridized carbons (Fsp3) is 0.455. The summed E-state index contributed by atoms with van der Waals surface area (Å²) in [6.07, 6.45) is 1.49. The van der Waals surface area contributed by atoms with Gasteiger partial charge in [-0.15, -0.1) is 0 Å². The van der Waals surface area contributed by atoms with Crippen LogP contribution in [0.15, 0.2) is 24.3 Å². The predicted octanol–water partition coefficient (Wildman–Crippen LogP) is 2.20. The third-order valence-electron chi connectivity index (χ3n) is 2.25. The van der Waals surface area contributed by atoms with Crippen LogP contribution in [0.25, 0.3) is 0 Å². The van der Waals surface area contributed by atoms with Crippen LogP contribution in [0.4, 0.5) is 4.39 Å². The minimum Gasteiger partial charge on any atom is -0.490 e. The Hall–Kier alpha value is -1.09. The number of hydrogen-bond acceptors (Lipinski definition) is 2. The van der Waals surface area contributed by atoms with Crippen molar-refractivity contribution in [1.82, 2.24) is 0 Å². The van der Waals surface area contributed by atoms with Crippen LogP contribution in [0, 0.1) is 0 Å². The monoisotopic (exact) mass is 195 g/mol. The molecule has 3 heteroatoms. The van der Waals surface area contributed by atoms with E-state index in [1.807, 2.05) is 6.07 Å². The summed E-state index contributed by atoms with van der Waals surface area (Å²) in [6.45, 7) is 0.0207. The summed E-state index contributed by atoms with van der Waals surface area (Å²) in [6, 6.07) is 7.12. The van der Waals surface area contributed by atoms with Crippen LogP contribution in [0.2, 0.25) is 0 Å². The molecule has 76 valence electrons. The molecule has 1 aliphatic carbocycles. The van der Waals surface area contributed by atoms with E-state index >= 15 is 0 Å². The maximum atomic E-state index is 13.2. The molecule has 0 aromatic heterocycles. The Morgan fingerprint density at radius 1 is 1.50 bits per heavy atom. The Labute approximate surface area is 82.9 Å². The minimum atomic E-state index is -1.09. The molecule has 1 atom stereocenters. The zero-order chi connectivity index (χ0) is 9.97. The van der Waals surface area contributed by atoms with Gasteiger partial charge in [-0.2, -0.15) is 0 Å². The van der Waals surface area contributed by atoms with Gasteiger partial charge in [-0.05, 0) is 30.5 Å². The van der Waals surface area contributed by atoms with Gasteiger partial charge in [0.05, 0.1) is 6.10 Å². The van der Waals surface area contributed by atoms with E-state index in [0.29, 0.717) is 11.7 Å². The summed E-state index contributed by atoms with van der Waals surface area (Å²) in [7, 11) is 0. The van der Waals surface area contributed by atoms with Crippen LogP contribution in [0.3, 0.4) is 0 Å². The third kappa shape index (κ3) is 2.23. The molecular formula is C11H14FNO. The summed E-state index contributed by atoms with van der Waals surface area (Å²) in [5, 5.41) is 0. The zero-order valence-corrected chi connectivity index (χ0v) is 7.95. The molecule has 1 fully saturated rings. The van der Waals surface area contributed by atoms with Crippen molar-refractivity contribution in [3.05, 3.63) is 29.8 Å². The van der Waals surface area contributed by atoms with Crippen molar-refractivity contribution in [2.45, 2.75) is 25.1 Å². The Bertz CT molecular complexity index is 312. The second-order valence-electron chi connectivity index (χ2n) is 3.59. The SMILES string of the molecule is NCC(F)c1cccc(OC2CC2)c1. The van der Waals surface area contributed by atoms with Crippen LogP contribution in [-0.4, -0.2) is 12.6 Å². The van der Waals surface area contributed by atoms with Crippen molar-refractivity contribution in [2.24, 2.45) is 5.73 Å². The first kappa shape index (κ1) is 9.46. The van der Waals surface area contributed by atoms with E-state index in [2.05, 4.69) is 0 Å². The average Bonchev–Trinajstić information content (AvgIpc) is 3.01. The number of hydrogen-bond donors (Lipinski definition) is 1. The summed E-state index contributed by atoms with van der Waals surface area (Å²) >= 11 is 0. The first-order valence-corrected chi connectivity index (χ1v) is 4.90. The molecule has 0 bridgehead atoms. The molecule has 1 aromatic rings. The lowest BCUT2D eigenvalue weighted by molar-refractivity contribution is 0.300. The summed E-state index contributed by atoms with van der Waals surface area (Å²) in [5.41, 5.74) is 5.85. The Morgan fingerprint density at radius 3 is 2.93 bits per heavy atom. The van der Waals surface area contributed by atoms with Gasteiger partial charge in [-0.1, -0.05) is 12.1 Å². The standard InChI is InChI=1S/C11H14FNO/c12-11(7-13)8-2-1-3-10(6-8)14-9-4-5-9/h1-3,6,9,11H,4-5,7,13H2. The zero-order valence-electron chi connectivity index (χ0n) is 7.95. The number of ether oxygens (including phenoxy) is 1.